The molecule has 0 atom stereocenters. The Bertz CT molecular complexity index is 2830. The third-order valence-electron chi connectivity index (χ3n) is 9.28. The number of aromatic nitrogens is 2. The number of rotatable bonds is 4. The van der Waals surface area contributed by atoms with E-state index in [0.29, 0.717) is 5.82 Å². The van der Waals surface area contributed by atoms with E-state index in [-0.39, 0.29) is 0 Å². The second-order valence-corrected chi connectivity index (χ2v) is 13.2. The standard InChI is InChI=1S/C44H26N2OS/c1-3-11-27(12-4-1)31-23-36(42-35-17-9-10-18-40(35)48-41(42)25-31)44-45-37(29-14-5-2-6-15-29)26-38(46-44)30-20-21-33-34-22-19-28-13-7-8-16-32(28)43(34)47-39(33)24-30/h1-26H. The molecule has 0 saturated heterocycles. The van der Waals surface area contributed by atoms with Crippen LogP contribution in [0, 0.1) is 0 Å². The minimum Gasteiger partial charge on any atom is -0.455 e. The predicted molar refractivity (Wildman–Crippen MR) is 201 cm³/mol. The minimum atomic E-state index is 0.702. The molecule has 0 fully saturated rings. The van der Waals surface area contributed by atoms with E-state index < -0.39 is 0 Å². The summed E-state index contributed by atoms with van der Waals surface area (Å²) in [5, 5.41) is 6.91. The Labute approximate surface area is 280 Å². The lowest BCUT2D eigenvalue weighted by Crippen LogP contribution is -1.97. The number of hydrogen-bond acceptors (Lipinski definition) is 4. The van der Waals surface area contributed by atoms with Crippen molar-refractivity contribution in [1.82, 2.24) is 9.97 Å². The highest BCUT2D eigenvalue weighted by Gasteiger charge is 2.19. The van der Waals surface area contributed by atoms with Crippen molar-refractivity contribution in [3.8, 4) is 45.0 Å². The molecule has 224 valence electrons. The van der Waals surface area contributed by atoms with Crippen molar-refractivity contribution in [3.63, 3.8) is 0 Å². The van der Waals surface area contributed by atoms with Crippen LogP contribution in [0.1, 0.15) is 0 Å². The Morgan fingerprint density at radius 2 is 1.12 bits per heavy atom. The summed E-state index contributed by atoms with van der Waals surface area (Å²) in [6, 6.07) is 55.4. The molecule has 0 saturated carbocycles. The molecular formula is C44H26N2OS. The van der Waals surface area contributed by atoms with Crippen molar-refractivity contribution in [2.45, 2.75) is 0 Å². The largest absolute Gasteiger partial charge is 0.455 e. The number of benzene rings is 7. The molecule has 48 heavy (non-hydrogen) atoms. The highest BCUT2D eigenvalue weighted by atomic mass is 32.1. The Hall–Kier alpha value is -6.10. The second-order valence-electron chi connectivity index (χ2n) is 12.2. The molecule has 0 N–H and O–H groups in total. The van der Waals surface area contributed by atoms with Crippen LogP contribution >= 0.6 is 11.3 Å². The molecule has 10 rings (SSSR count). The van der Waals surface area contributed by atoms with Crippen LogP contribution in [0.25, 0.3) is 97.9 Å². The summed E-state index contributed by atoms with van der Waals surface area (Å²) >= 11 is 1.82. The number of furan rings is 1. The monoisotopic (exact) mass is 630 g/mol. The van der Waals surface area contributed by atoms with Crippen LogP contribution in [-0.2, 0) is 0 Å². The third kappa shape index (κ3) is 4.34. The molecule has 0 aliphatic heterocycles. The van der Waals surface area contributed by atoms with Crippen LogP contribution < -0.4 is 0 Å². The zero-order valence-corrected chi connectivity index (χ0v) is 26.5. The maximum Gasteiger partial charge on any atom is 0.161 e. The van der Waals surface area contributed by atoms with Crippen molar-refractivity contribution in [2.24, 2.45) is 0 Å². The van der Waals surface area contributed by atoms with Crippen LogP contribution in [0.4, 0.5) is 0 Å². The molecule has 4 heteroatoms. The fourth-order valence-electron chi connectivity index (χ4n) is 6.96. The van der Waals surface area contributed by atoms with Gasteiger partial charge < -0.3 is 4.42 Å². The van der Waals surface area contributed by atoms with Gasteiger partial charge in [0, 0.05) is 53.0 Å². The van der Waals surface area contributed by atoms with E-state index in [1.807, 2.05) is 17.4 Å². The van der Waals surface area contributed by atoms with Gasteiger partial charge in [-0.3, -0.25) is 0 Å². The molecule has 0 unspecified atom stereocenters. The lowest BCUT2D eigenvalue weighted by Gasteiger charge is -2.12. The van der Waals surface area contributed by atoms with Crippen molar-refractivity contribution in [3.05, 3.63) is 158 Å². The van der Waals surface area contributed by atoms with E-state index in [4.69, 9.17) is 14.4 Å². The van der Waals surface area contributed by atoms with E-state index in [9.17, 15) is 0 Å². The first kappa shape index (κ1) is 27.1. The fourth-order valence-corrected chi connectivity index (χ4v) is 8.14. The average Bonchev–Trinajstić information content (AvgIpc) is 3.73. The summed E-state index contributed by atoms with van der Waals surface area (Å²) in [5.74, 6) is 0.702. The normalized spacial score (nSPS) is 11.8. The van der Waals surface area contributed by atoms with Gasteiger partial charge in [0.25, 0.3) is 0 Å². The summed E-state index contributed by atoms with van der Waals surface area (Å²) < 4.78 is 9.05. The maximum atomic E-state index is 6.58. The quantitative estimate of drug-likeness (QED) is 0.194. The average molecular weight is 631 g/mol. The van der Waals surface area contributed by atoms with Crippen molar-refractivity contribution >= 4 is 64.2 Å². The van der Waals surface area contributed by atoms with Crippen LogP contribution in [0.5, 0.6) is 0 Å². The number of nitrogens with zero attached hydrogens (tertiary/aromatic N) is 2. The highest BCUT2D eigenvalue weighted by Crippen LogP contribution is 2.43. The molecule has 7 aromatic carbocycles. The van der Waals surface area contributed by atoms with Gasteiger partial charge >= 0.3 is 0 Å². The molecule has 0 aliphatic carbocycles. The van der Waals surface area contributed by atoms with E-state index in [0.717, 1.165) is 61.0 Å². The smallest absolute Gasteiger partial charge is 0.161 e. The Morgan fingerprint density at radius 3 is 1.96 bits per heavy atom. The molecule has 3 nitrogen and oxygen atoms in total. The van der Waals surface area contributed by atoms with E-state index in [1.54, 1.807) is 0 Å². The van der Waals surface area contributed by atoms with Crippen LogP contribution in [-0.4, -0.2) is 9.97 Å². The Balaban J connectivity index is 1.24. The van der Waals surface area contributed by atoms with Gasteiger partial charge in [-0.2, -0.15) is 0 Å². The SMILES string of the molecule is c1ccc(-c2cc(-c3nc(-c4ccccc4)cc(-c4ccc5c(c4)oc4c6ccccc6ccc54)n3)c3c(c2)sc2ccccc23)cc1. The number of hydrogen-bond donors (Lipinski definition) is 0. The second kappa shape index (κ2) is 10.7. The van der Waals surface area contributed by atoms with Crippen molar-refractivity contribution in [2.75, 3.05) is 0 Å². The lowest BCUT2D eigenvalue weighted by atomic mass is 9.98. The zero-order chi connectivity index (χ0) is 31.6. The van der Waals surface area contributed by atoms with Gasteiger partial charge in [0.15, 0.2) is 5.82 Å². The van der Waals surface area contributed by atoms with E-state index in [2.05, 4.69) is 152 Å². The van der Waals surface area contributed by atoms with E-state index in [1.165, 1.54) is 31.1 Å². The van der Waals surface area contributed by atoms with Gasteiger partial charge in [0.05, 0.1) is 11.4 Å². The summed E-state index contributed by atoms with van der Waals surface area (Å²) in [7, 11) is 0. The van der Waals surface area contributed by atoms with Crippen LogP contribution in [0.2, 0.25) is 0 Å². The van der Waals surface area contributed by atoms with Gasteiger partial charge in [-0.1, -0.05) is 115 Å². The van der Waals surface area contributed by atoms with Gasteiger partial charge in [0.2, 0.25) is 0 Å². The summed E-state index contributed by atoms with van der Waals surface area (Å²) in [6.07, 6.45) is 0. The zero-order valence-electron chi connectivity index (χ0n) is 25.7. The molecule has 0 aliphatic rings. The van der Waals surface area contributed by atoms with E-state index >= 15 is 0 Å². The van der Waals surface area contributed by atoms with Gasteiger partial charge in [0.1, 0.15) is 11.2 Å². The predicted octanol–water partition coefficient (Wildman–Crippen LogP) is 12.6. The minimum absolute atomic E-state index is 0.702. The van der Waals surface area contributed by atoms with Crippen molar-refractivity contribution in [1.29, 1.82) is 0 Å². The maximum absolute atomic E-state index is 6.58. The molecule has 3 heterocycles. The highest BCUT2D eigenvalue weighted by molar-refractivity contribution is 7.26. The van der Waals surface area contributed by atoms with Crippen LogP contribution in [0.15, 0.2) is 162 Å². The molecule has 0 spiro atoms. The molecule has 10 aromatic rings. The molecule has 0 bridgehead atoms. The van der Waals surface area contributed by atoms with Crippen molar-refractivity contribution < 1.29 is 4.42 Å². The van der Waals surface area contributed by atoms with Gasteiger partial charge in [-0.05, 0) is 59.0 Å². The molecule has 0 amide bonds. The molecular weight excluding hydrogens is 605 g/mol. The van der Waals surface area contributed by atoms with Crippen LogP contribution in [0.3, 0.4) is 0 Å². The van der Waals surface area contributed by atoms with Gasteiger partial charge in [-0.15, -0.1) is 11.3 Å². The first-order chi connectivity index (χ1) is 23.8. The molecule has 0 radical (unpaired) electrons. The van der Waals surface area contributed by atoms with Gasteiger partial charge in [-0.25, -0.2) is 9.97 Å². The Morgan fingerprint density at radius 1 is 0.438 bits per heavy atom. The summed E-state index contributed by atoms with van der Waals surface area (Å²) in [4.78, 5) is 10.6. The summed E-state index contributed by atoms with van der Waals surface area (Å²) in [5.41, 5.74) is 8.86. The third-order valence-corrected chi connectivity index (χ3v) is 10.4. The number of fused-ring (bicyclic) bond motifs is 8. The number of thiophene rings is 1. The lowest BCUT2D eigenvalue weighted by molar-refractivity contribution is 0.673. The first-order valence-corrected chi connectivity index (χ1v) is 16.9. The summed E-state index contributed by atoms with van der Waals surface area (Å²) in [6.45, 7) is 0. The Kier molecular flexibility index (Phi) is 6.05. The topological polar surface area (TPSA) is 38.9 Å². The first-order valence-electron chi connectivity index (χ1n) is 16.1. The fraction of sp³-hybridized carbons (Fsp3) is 0. The molecule has 3 aromatic heterocycles.